The van der Waals surface area contributed by atoms with Crippen LogP contribution in [0.5, 0.6) is 0 Å². The van der Waals surface area contributed by atoms with Crippen LogP contribution < -0.4 is 5.32 Å². The zero-order valence-corrected chi connectivity index (χ0v) is 9.67. The lowest BCUT2D eigenvalue weighted by Crippen LogP contribution is -2.07. The van der Waals surface area contributed by atoms with E-state index in [1.807, 2.05) is 19.1 Å². The minimum absolute atomic E-state index is 0.263. The predicted molar refractivity (Wildman–Crippen MR) is 63.2 cm³/mol. The lowest BCUT2D eigenvalue weighted by Gasteiger charge is -2.08. The minimum atomic E-state index is 0.263. The van der Waals surface area contributed by atoms with E-state index in [2.05, 4.69) is 10.3 Å². The molecule has 0 spiro atoms. The van der Waals surface area contributed by atoms with Crippen LogP contribution in [0.1, 0.15) is 19.8 Å². The number of aliphatic hydroxyl groups excluding tert-OH is 1. The van der Waals surface area contributed by atoms with Crippen LogP contribution in [0.15, 0.2) is 18.3 Å². The summed E-state index contributed by atoms with van der Waals surface area (Å²) in [6.45, 7) is 3.18. The van der Waals surface area contributed by atoms with Gasteiger partial charge in [0.15, 0.2) is 0 Å². The Kier molecular flexibility index (Phi) is 5.43. The number of rotatable bonds is 6. The van der Waals surface area contributed by atoms with Crippen molar-refractivity contribution in [2.45, 2.75) is 19.8 Å². The van der Waals surface area contributed by atoms with Crippen molar-refractivity contribution in [1.29, 1.82) is 0 Å². The average molecular weight is 229 g/mol. The number of hydrogen-bond acceptors (Lipinski definition) is 3. The van der Waals surface area contributed by atoms with Gasteiger partial charge in [-0.05, 0) is 30.9 Å². The molecule has 0 saturated heterocycles. The molecule has 0 aliphatic rings. The number of halogens is 1. The van der Waals surface area contributed by atoms with Crippen molar-refractivity contribution in [2.75, 3.05) is 18.5 Å². The van der Waals surface area contributed by atoms with Crippen LogP contribution >= 0.6 is 11.6 Å². The van der Waals surface area contributed by atoms with E-state index in [9.17, 15) is 0 Å². The highest BCUT2D eigenvalue weighted by atomic mass is 35.5. The number of aromatic nitrogens is 1. The van der Waals surface area contributed by atoms with Crippen LogP contribution in [0.4, 0.5) is 5.82 Å². The molecule has 1 rings (SSSR count). The largest absolute Gasteiger partial charge is 0.396 e. The molecule has 0 saturated carbocycles. The molecule has 1 aromatic rings. The van der Waals surface area contributed by atoms with Crippen LogP contribution in [0.3, 0.4) is 0 Å². The van der Waals surface area contributed by atoms with Gasteiger partial charge >= 0.3 is 0 Å². The molecule has 1 atom stereocenters. The summed E-state index contributed by atoms with van der Waals surface area (Å²) in [5, 5.41) is 12.7. The van der Waals surface area contributed by atoms with Crippen molar-refractivity contribution in [2.24, 2.45) is 5.92 Å². The topological polar surface area (TPSA) is 45.1 Å². The summed E-state index contributed by atoms with van der Waals surface area (Å²) < 4.78 is 0. The predicted octanol–water partition coefficient (Wildman–Crippen LogP) is 2.56. The molecule has 0 fully saturated rings. The summed E-state index contributed by atoms with van der Waals surface area (Å²) >= 11 is 5.72. The summed E-state index contributed by atoms with van der Waals surface area (Å²) in [6, 6.07) is 3.67. The van der Waals surface area contributed by atoms with Gasteiger partial charge in [-0.1, -0.05) is 18.5 Å². The van der Waals surface area contributed by atoms with E-state index in [1.165, 1.54) is 0 Å². The zero-order chi connectivity index (χ0) is 11.1. The highest BCUT2D eigenvalue weighted by Crippen LogP contribution is 2.10. The fourth-order valence-corrected chi connectivity index (χ4v) is 1.35. The minimum Gasteiger partial charge on any atom is -0.396 e. The Morgan fingerprint density at radius 3 is 2.93 bits per heavy atom. The monoisotopic (exact) mass is 228 g/mol. The standard InChI is InChI=1S/C11H17ClN2O/c1-9(8-15)3-2-6-13-11-5-4-10(12)7-14-11/h4-5,7,9,15H,2-3,6,8H2,1H3,(H,13,14). The Bertz CT molecular complexity index is 276. The Morgan fingerprint density at radius 1 is 1.53 bits per heavy atom. The number of anilines is 1. The van der Waals surface area contributed by atoms with E-state index in [0.717, 1.165) is 25.2 Å². The van der Waals surface area contributed by atoms with Crippen molar-refractivity contribution in [3.8, 4) is 0 Å². The number of nitrogens with one attached hydrogen (secondary N) is 1. The summed E-state index contributed by atoms with van der Waals surface area (Å²) in [6.07, 6.45) is 3.68. The van der Waals surface area contributed by atoms with Gasteiger partial charge in [0, 0.05) is 19.3 Å². The Hall–Kier alpha value is -0.800. The molecule has 15 heavy (non-hydrogen) atoms. The van der Waals surface area contributed by atoms with Crippen LogP contribution in [0.25, 0.3) is 0 Å². The van der Waals surface area contributed by atoms with E-state index in [1.54, 1.807) is 6.20 Å². The molecule has 1 unspecified atom stereocenters. The van der Waals surface area contributed by atoms with Crippen molar-refractivity contribution in [3.05, 3.63) is 23.4 Å². The van der Waals surface area contributed by atoms with Gasteiger partial charge in [0.2, 0.25) is 0 Å². The number of aliphatic hydroxyl groups is 1. The fraction of sp³-hybridized carbons (Fsp3) is 0.545. The lowest BCUT2D eigenvalue weighted by molar-refractivity contribution is 0.229. The highest BCUT2D eigenvalue weighted by Gasteiger charge is 1.99. The van der Waals surface area contributed by atoms with Crippen LogP contribution in [0.2, 0.25) is 5.02 Å². The maximum atomic E-state index is 8.83. The van der Waals surface area contributed by atoms with Gasteiger partial charge in [-0.25, -0.2) is 4.98 Å². The van der Waals surface area contributed by atoms with Gasteiger partial charge in [0.05, 0.1) is 5.02 Å². The van der Waals surface area contributed by atoms with Gasteiger partial charge in [-0.3, -0.25) is 0 Å². The smallest absolute Gasteiger partial charge is 0.125 e. The van der Waals surface area contributed by atoms with Crippen LogP contribution in [-0.4, -0.2) is 23.2 Å². The molecule has 0 aliphatic heterocycles. The normalized spacial score (nSPS) is 12.5. The third-order valence-electron chi connectivity index (χ3n) is 2.22. The summed E-state index contributed by atoms with van der Waals surface area (Å²) in [4.78, 5) is 4.12. The molecule has 84 valence electrons. The summed E-state index contributed by atoms with van der Waals surface area (Å²) in [7, 11) is 0. The van der Waals surface area contributed by atoms with E-state index in [4.69, 9.17) is 16.7 Å². The van der Waals surface area contributed by atoms with E-state index >= 15 is 0 Å². The maximum Gasteiger partial charge on any atom is 0.125 e. The average Bonchev–Trinajstić information content (AvgIpc) is 2.26. The number of nitrogens with zero attached hydrogens (tertiary/aromatic N) is 1. The fourth-order valence-electron chi connectivity index (χ4n) is 1.24. The number of hydrogen-bond donors (Lipinski definition) is 2. The quantitative estimate of drug-likeness (QED) is 0.736. The van der Waals surface area contributed by atoms with E-state index in [0.29, 0.717) is 10.9 Å². The Balaban J connectivity index is 2.17. The summed E-state index contributed by atoms with van der Waals surface area (Å²) in [5.41, 5.74) is 0. The van der Waals surface area contributed by atoms with Gasteiger partial charge in [-0.15, -0.1) is 0 Å². The van der Waals surface area contributed by atoms with Gasteiger partial charge in [0.25, 0.3) is 0 Å². The molecule has 0 bridgehead atoms. The molecular formula is C11H17ClN2O. The van der Waals surface area contributed by atoms with Crippen LogP contribution in [-0.2, 0) is 0 Å². The number of pyridine rings is 1. The first-order valence-corrected chi connectivity index (χ1v) is 5.56. The van der Waals surface area contributed by atoms with Crippen molar-refractivity contribution < 1.29 is 5.11 Å². The second-order valence-electron chi connectivity index (χ2n) is 3.72. The zero-order valence-electron chi connectivity index (χ0n) is 8.91. The van der Waals surface area contributed by atoms with Crippen LogP contribution in [0, 0.1) is 5.92 Å². The molecule has 0 aliphatic carbocycles. The van der Waals surface area contributed by atoms with Gasteiger partial charge < -0.3 is 10.4 Å². The second kappa shape index (κ2) is 6.64. The molecule has 0 amide bonds. The first kappa shape index (κ1) is 12.3. The molecule has 0 radical (unpaired) electrons. The van der Waals surface area contributed by atoms with E-state index < -0.39 is 0 Å². The summed E-state index contributed by atoms with van der Waals surface area (Å²) in [5.74, 6) is 1.22. The maximum absolute atomic E-state index is 8.83. The molecule has 2 N–H and O–H groups in total. The molecule has 1 aromatic heterocycles. The molecule has 0 aromatic carbocycles. The van der Waals surface area contributed by atoms with Crippen molar-refractivity contribution in [3.63, 3.8) is 0 Å². The van der Waals surface area contributed by atoms with Gasteiger partial charge in [-0.2, -0.15) is 0 Å². The first-order valence-electron chi connectivity index (χ1n) is 5.18. The molecule has 1 heterocycles. The molecule has 3 nitrogen and oxygen atoms in total. The molecule has 4 heteroatoms. The Morgan fingerprint density at radius 2 is 2.33 bits per heavy atom. The van der Waals surface area contributed by atoms with E-state index in [-0.39, 0.29) is 6.61 Å². The SMILES string of the molecule is CC(CO)CCCNc1ccc(Cl)cn1. The molecular weight excluding hydrogens is 212 g/mol. The lowest BCUT2D eigenvalue weighted by atomic mass is 10.1. The van der Waals surface area contributed by atoms with Crippen molar-refractivity contribution in [1.82, 2.24) is 4.98 Å². The second-order valence-corrected chi connectivity index (χ2v) is 4.15. The van der Waals surface area contributed by atoms with Gasteiger partial charge in [0.1, 0.15) is 5.82 Å². The highest BCUT2D eigenvalue weighted by molar-refractivity contribution is 6.30. The first-order chi connectivity index (χ1) is 7.22. The third kappa shape index (κ3) is 5.00. The Labute approximate surface area is 95.5 Å². The third-order valence-corrected chi connectivity index (χ3v) is 2.44. The van der Waals surface area contributed by atoms with Crippen molar-refractivity contribution >= 4 is 17.4 Å².